The zero-order valence-corrected chi connectivity index (χ0v) is 15.7. The Bertz CT molecular complexity index is 962. The lowest BCUT2D eigenvalue weighted by Crippen LogP contribution is -2.47. The molecule has 4 rings (SSSR count). The minimum atomic E-state index is -0.122. The van der Waals surface area contributed by atoms with Crippen LogP contribution in [-0.4, -0.2) is 38.7 Å². The van der Waals surface area contributed by atoms with E-state index in [-0.39, 0.29) is 5.56 Å². The van der Waals surface area contributed by atoms with Crippen LogP contribution in [0.1, 0.15) is 32.0 Å². The molecular formula is C20H26N6O. The molecule has 1 atom stereocenters. The minimum absolute atomic E-state index is 0.122. The number of aromatic amines is 1. The number of benzene rings is 1. The minimum Gasteiger partial charge on any atom is -0.350 e. The number of nitrogens with zero attached hydrogens (tertiary/aromatic N) is 4. The number of nitrogens with one attached hydrogen (secondary N) is 2. The largest absolute Gasteiger partial charge is 0.350 e. The Balaban J connectivity index is 1.47. The van der Waals surface area contributed by atoms with Crippen molar-refractivity contribution in [3.05, 3.63) is 52.8 Å². The molecular weight excluding hydrogens is 340 g/mol. The molecule has 1 aliphatic heterocycles. The summed E-state index contributed by atoms with van der Waals surface area (Å²) in [5.74, 6) is 1.59. The van der Waals surface area contributed by atoms with Crippen LogP contribution < -0.4 is 15.8 Å². The van der Waals surface area contributed by atoms with Crippen molar-refractivity contribution < 1.29 is 0 Å². The number of piperidine rings is 1. The highest BCUT2D eigenvalue weighted by Gasteiger charge is 2.23. The average molecular weight is 366 g/mol. The molecule has 0 bridgehead atoms. The highest BCUT2D eigenvalue weighted by atomic mass is 16.1. The molecule has 1 aromatic carbocycles. The van der Waals surface area contributed by atoms with E-state index in [9.17, 15) is 4.79 Å². The van der Waals surface area contributed by atoms with Crippen molar-refractivity contribution in [2.45, 2.75) is 45.3 Å². The number of anilines is 1. The van der Waals surface area contributed by atoms with E-state index in [4.69, 9.17) is 4.98 Å². The smallest absolute Gasteiger partial charge is 0.290 e. The van der Waals surface area contributed by atoms with Crippen molar-refractivity contribution >= 4 is 16.9 Å². The van der Waals surface area contributed by atoms with E-state index in [0.717, 1.165) is 56.8 Å². The third-order valence-corrected chi connectivity index (χ3v) is 5.14. The zero-order valence-electron chi connectivity index (χ0n) is 15.7. The Kier molecular flexibility index (Phi) is 5.20. The number of hydrogen-bond donors (Lipinski definition) is 2. The normalized spacial score (nSPS) is 17.5. The summed E-state index contributed by atoms with van der Waals surface area (Å²) < 4.78 is 2.31. The summed E-state index contributed by atoms with van der Waals surface area (Å²) in [5.41, 5.74) is 2.12. The molecule has 142 valence electrons. The third kappa shape index (κ3) is 3.73. The number of fused-ring (bicyclic) bond motifs is 1. The van der Waals surface area contributed by atoms with Crippen LogP contribution in [0.4, 0.5) is 5.82 Å². The lowest BCUT2D eigenvalue weighted by atomic mass is 10.1. The first-order chi connectivity index (χ1) is 13.3. The van der Waals surface area contributed by atoms with Gasteiger partial charge in [0.1, 0.15) is 5.82 Å². The molecule has 27 heavy (non-hydrogen) atoms. The van der Waals surface area contributed by atoms with Crippen LogP contribution in [0.2, 0.25) is 0 Å². The first-order valence-corrected chi connectivity index (χ1v) is 9.72. The number of para-hydroxylation sites is 2. The van der Waals surface area contributed by atoms with E-state index in [1.807, 2.05) is 6.07 Å². The first-order valence-electron chi connectivity index (χ1n) is 9.72. The van der Waals surface area contributed by atoms with Gasteiger partial charge < -0.3 is 19.8 Å². The van der Waals surface area contributed by atoms with Gasteiger partial charge in [0, 0.05) is 38.1 Å². The number of rotatable bonds is 6. The second-order valence-electron chi connectivity index (χ2n) is 7.08. The molecule has 7 heteroatoms. The van der Waals surface area contributed by atoms with Gasteiger partial charge in [-0.2, -0.15) is 0 Å². The summed E-state index contributed by atoms with van der Waals surface area (Å²) in [7, 11) is 0. The topological polar surface area (TPSA) is 78.8 Å². The average Bonchev–Trinajstić information content (AvgIpc) is 3.05. The van der Waals surface area contributed by atoms with Gasteiger partial charge in [0.05, 0.1) is 17.6 Å². The molecule has 0 amide bonds. The van der Waals surface area contributed by atoms with Gasteiger partial charge in [0.2, 0.25) is 0 Å². The maximum atomic E-state index is 12.0. The SMILES string of the molecule is CCCn1c(CN[C@H]2CCCN(c3ncc[nH]c3=O)C2)nc2ccccc21. The predicted octanol–water partition coefficient (Wildman–Crippen LogP) is 2.29. The standard InChI is InChI=1S/C20H26N6O/c1-2-11-26-17-8-4-3-7-16(17)24-18(26)13-23-15-6-5-12-25(14-15)19-20(27)22-10-9-21-19/h3-4,7-10,15,23H,2,5-6,11-14H2,1H3,(H,22,27)/t15-/m0/s1. The maximum Gasteiger partial charge on any atom is 0.290 e. The van der Waals surface area contributed by atoms with Crippen LogP contribution in [0, 0.1) is 0 Å². The Labute approximate surface area is 158 Å². The van der Waals surface area contributed by atoms with Crippen LogP contribution in [-0.2, 0) is 13.1 Å². The second-order valence-corrected chi connectivity index (χ2v) is 7.08. The van der Waals surface area contributed by atoms with Gasteiger partial charge in [0.25, 0.3) is 5.56 Å². The fraction of sp³-hybridized carbons (Fsp3) is 0.450. The molecule has 0 radical (unpaired) electrons. The molecule has 1 saturated heterocycles. The van der Waals surface area contributed by atoms with Gasteiger partial charge in [-0.05, 0) is 31.4 Å². The first kappa shape index (κ1) is 17.7. The number of aromatic nitrogens is 4. The van der Waals surface area contributed by atoms with Crippen LogP contribution >= 0.6 is 0 Å². The van der Waals surface area contributed by atoms with Crippen LogP contribution in [0.5, 0.6) is 0 Å². The molecule has 1 aliphatic rings. The van der Waals surface area contributed by atoms with E-state index in [1.165, 1.54) is 5.52 Å². The Hall–Kier alpha value is -2.67. The molecule has 7 nitrogen and oxygen atoms in total. The molecule has 0 aliphatic carbocycles. The number of H-pyrrole nitrogens is 1. The maximum absolute atomic E-state index is 12.0. The molecule has 2 N–H and O–H groups in total. The fourth-order valence-corrected chi connectivity index (χ4v) is 3.87. The molecule has 0 spiro atoms. The van der Waals surface area contributed by atoms with E-state index < -0.39 is 0 Å². The predicted molar refractivity (Wildman–Crippen MR) is 107 cm³/mol. The summed E-state index contributed by atoms with van der Waals surface area (Å²) in [5, 5.41) is 3.65. The van der Waals surface area contributed by atoms with Crippen LogP contribution in [0.15, 0.2) is 41.5 Å². The summed E-state index contributed by atoms with van der Waals surface area (Å²) in [6, 6.07) is 8.62. The van der Waals surface area contributed by atoms with E-state index in [1.54, 1.807) is 12.4 Å². The summed E-state index contributed by atoms with van der Waals surface area (Å²) in [4.78, 5) is 25.9. The van der Waals surface area contributed by atoms with Gasteiger partial charge in [-0.25, -0.2) is 9.97 Å². The molecule has 2 aromatic heterocycles. The Morgan fingerprint density at radius 2 is 2.22 bits per heavy atom. The number of imidazole rings is 1. The van der Waals surface area contributed by atoms with Gasteiger partial charge in [-0.15, -0.1) is 0 Å². The van der Waals surface area contributed by atoms with Crippen molar-refractivity contribution in [2.75, 3.05) is 18.0 Å². The fourth-order valence-electron chi connectivity index (χ4n) is 3.87. The number of aryl methyl sites for hydroxylation is 1. The lowest BCUT2D eigenvalue weighted by molar-refractivity contribution is 0.411. The molecule has 0 saturated carbocycles. The van der Waals surface area contributed by atoms with Gasteiger partial charge in [-0.3, -0.25) is 4.79 Å². The van der Waals surface area contributed by atoms with Crippen molar-refractivity contribution in [1.82, 2.24) is 24.8 Å². The number of hydrogen-bond acceptors (Lipinski definition) is 5. The third-order valence-electron chi connectivity index (χ3n) is 5.14. The molecule has 1 fully saturated rings. The zero-order chi connectivity index (χ0) is 18.6. The van der Waals surface area contributed by atoms with Crippen LogP contribution in [0.3, 0.4) is 0 Å². The monoisotopic (exact) mass is 366 g/mol. The summed E-state index contributed by atoms with van der Waals surface area (Å²) in [6.07, 6.45) is 6.42. The van der Waals surface area contributed by atoms with Crippen LogP contribution in [0.25, 0.3) is 11.0 Å². The van der Waals surface area contributed by atoms with Gasteiger partial charge in [0.15, 0.2) is 5.82 Å². The summed E-state index contributed by atoms with van der Waals surface area (Å²) >= 11 is 0. The second kappa shape index (κ2) is 7.92. The van der Waals surface area contributed by atoms with E-state index in [0.29, 0.717) is 11.9 Å². The van der Waals surface area contributed by atoms with Crippen molar-refractivity contribution in [3.63, 3.8) is 0 Å². The van der Waals surface area contributed by atoms with E-state index >= 15 is 0 Å². The van der Waals surface area contributed by atoms with Gasteiger partial charge >= 0.3 is 0 Å². The highest BCUT2D eigenvalue weighted by Crippen LogP contribution is 2.18. The Morgan fingerprint density at radius 1 is 1.33 bits per heavy atom. The summed E-state index contributed by atoms with van der Waals surface area (Å²) in [6.45, 7) is 5.54. The van der Waals surface area contributed by atoms with Crippen molar-refractivity contribution in [2.24, 2.45) is 0 Å². The molecule has 3 aromatic rings. The van der Waals surface area contributed by atoms with E-state index in [2.05, 4.69) is 49.9 Å². The molecule has 3 heterocycles. The van der Waals surface area contributed by atoms with Crippen molar-refractivity contribution in [3.8, 4) is 0 Å². The molecule has 0 unspecified atom stereocenters. The quantitative estimate of drug-likeness (QED) is 0.700. The Morgan fingerprint density at radius 3 is 3.07 bits per heavy atom. The van der Waals surface area contributed by atoms with Gasteiger partial charge in [-0.1, -0.05) is 19.1 Å². The highest BCUT2D eigenvalue weighted by molar-refractivity contribution is 5.75. The lowest BCUT2D eigenvalue weighted by Gasteiger charge is -2.33. The van der Waals surface area contributed by atoms with Crippen molar-refractivity contribution in [1.29, 1.82) is 0 Å².